The molecule has 0 aromatic heterocycles. The van der Waals surface area contributed by atoms with E-state index in [1.807, 2.05) is 0 Å². The first-order valence-electron chi connectivity index (χ1n) is 5.58. The molecule has 2 aliphatic rings. The van der Waals surface area contributed by atoms with Gasteiger partial charge in [0.15, 0.2) is 0 Å². The Kier molecular flexibility index (Phi) is 2.93. The number of hydrogen-bond donors (Lipinski definition) is 0. The van der Waals surface area contributed by atoms with E-state index in [0.717, 1.165) is 0 Å². The second kappa shape index (κ2) is 4.18. The third-order valence-electron chi connectivity index (χ3n) is 3.12. The molecule has 0 unspecified atom stereocenters. The van der Waals surface area contributed by atoms with E-state index in [-0.39, 0.29) is 0 Å². The molecule has 0 atom stereocenters. The van der Waals surface area contributed by atoms with Gasteiger partial charge in [0.05, 0.1) is 5.82 Å². The van der Waals surface area contributed by atoms with Crippen molar-refractivity contribution in [3.05, 3.63) is 11.5 Å². The number of rotatable bonds is 2. The lowest BCUT2D eigenvalue weighted by molar-refractivity contribution is 0.271. The van der Waals surface area contributed by atoms with E-state index in [1.54, 1.807) is 5.82 Å². The van der Waals surface area contributed by atoms with Crippen molar-refractivity contribution in [2.24, 2.45) is 0 Å². The third kappa shape index (κ3) is 1.90. The Hall–Kier alpha value is -0.443. The van der Waals surface area contributed by atoms with Gasteiger partial charge in [-0.2, -0.15) is 0 Å². The first-order valence-corrected chi connectivity index (χ1v) is 6.73. The largest absolute Gasteiger partial charge is 0.359 e. The Morgan fingerprint density at radius 2 is 1.23 bits per heavy atom. The lowest BCUT2D eigenvalue weighted by atomic mass is 10.4. The van der Waals surface area contributed by atoms with Gasteiger partial charge in [0.2, 0.25) is 0 Å². The van der Waals surface area contributed by atoms with Crippen LogP contribution in [0.1, 0.15) is 25.7 Å². The van der Waals surface area contributed by atoms with Crippen LogP contribution >= 0.6 is 0 Å². The van der Waals surface area contributed by atoms with Crippen LogP contribution in [0.4, 0.5) is 0 Å². The molecule has 0 spiro atoms. The molecule has 0 amide bonds. The van der Waals surface area contributed by atoms with E-state index >= 15 is 0 Å². The van der Waals surface area contributed by atoms with E-state index < -0.39 is 0 Å². The Labute approximate surface area is 84.0 Å². The van der Waals surface area contributed by atoms with Gasteiger partial charge < -0.3 is 9.80 Å². The molecule has 0 N–H and O–H groups in total. The Morgan fingerprint density at radius 1 is 0.846 bits per heavy atom. The van der Waals surface area contributed by atoms with E-state index in [0.29, 0.717) is 0 Å². The molecule has 0 bridgehead atoms. The summed E-state index contributed by atoms with van der Waals surface area (Å²) in [5.74, 6) is 1.56. The summed E-state index contributed by atoms with van der Waals surface area (Å²) in [7, 11) is 1.20. The fourth-order valence-electron chi connectivity index (χ4n) is 2.46. The zero-order valence-corrected chi connectivity index (χ0v) is 10.6. The normalized spacial score (nSPS) is 22.8. The van der Waals surface area contributed by atoms with E-state index in [2.05, 4.69) is 15.5 Å². The van der Waals surface area contributed by atoms with Crippen LogP contribution in [0.3, 0.4) is 0 Å². The van der Waals surface area contributed by atoms with Gasteiger partial charge in [-0.05, 0) is 25.7 Å². The van der Waals surface area contributed by atoms with Crippen molar-refractivity contribution in [2.75, 3.05) is 26.2 Å². The number of likely N-dealkylation sites (tertiary alicyclic amines) is 2. The molecule has 0 aromatic rings. The highest BCUT2D eigenvalue weighted by Gasteiger charge is 2.21. The van der Waals surface area contributed by atoms with E-state index in [9.17, 15) is 0 Å². The minimum Gasteiger partial charge on any atom is -0.359 e. The fraction of sp³-hybridized carbons (Fsp3) is 0.800. The van der Waals surface area contributed by atoms with Gasteiger partial charge >= 0.3 is 0 Å². The van der Waals surface area contributed by atoms with Crippen LogP contribution in [-0.2, 0) is 0 Å². The smallest absolute Gasteiger partial charge is 0.0948 e. The summed E-state index contributed by atoms with van der Waals surface area (Å²) < 4.78 is 0. The standard InChI is InChI=1S/C10H20N2Si/c13-9-10(11-5-1-2-6-11)12-7-3-4-8-12/h9H,1-8H2,13H3. The second-order valence-corrected chi connectivity index (χ2v) is 4.61. The first-order chi connectivity index (χ1) is 6.42. The summed E-state index contributed by atoms with van der Waals surface area (Å²) >= 11 is 0. The molecule has 74 valence electrons. The number of nitrogens with zero attached hydrogens (tertiary/aromatic N) is 2. The molecule has 2 nitrogen and oxygen atoms in total. The maximum absolute atomic E-state index is 2.58. The average Bonchev–Trinajstić information content (AvgIpc) is 2.76. The SMILES string of the molecule is [SiH3]C=C(N1CCCC1)N1CCCC1. The van der Waals surface area contributed by atoms with Gasteiger partial charge in [0.25, 0.3) is 0 Å². The van der Waals surface area contributed by atoms with Crippen LogP contribution in [0.2, 0.25) is 0 Å². The average molecular weight is 196 g/mol. The summed E-state index contributed by atoms with van der Waals surface area (Å²) in [6, 6.07) is 0. The summed E-state index contributed by atoms with van der Waals surface area (Å²) in [6.45, 7) is 5.18. The molecule has 2 rings (SSSR count). The molecule has 0 aromatic carbocycles. The van der Waals surface area contributed by atoms with Crippen LogP contribution in [-0.4, -0.2) is 46.2 Å². The third-order valence-corrected chi connectivity index (χ3v) is 3.63. The molecule has 2 aliphatic heterocycles. The highest BCUT2D eigenvalue weighted by atomic mass is 28.1. The first kappa shape index (κ1) is 9.13. The molecule has 13 heavy (non-hydrogen) atoms. The Balaban J connectivity index is 1.99. The van der Waals surface area contributed by atoms with Gasteiger partial charge in [-0.25, -0.2) is 0 Å². The van der Waals surface area contributed by atoms with Crippen molar-refractivity contribution >= 4 is 10.2 Å². The predicted molar refractivity (Wildman–Crippen MR) is 59.6 cm³/mol. The lowest BCUT2D eigenvalue weighted by Crippen LogP contribution is -2.32. The monoisotopic (exact) mass is 196 g/mol. The van der Waals surface area contributed by atoms with Crippen molar-refractivity contribution in [3.8, 4) is 0 Å². The maximum atomic E-state index is 2.58. The number of hydrogen-bond acceptors (Lipinski definition) is 2. The van der Waals surface area contributed by atoms with Crippen LogP contribution in [0.25, 0.3) is 0 Å². The van der Waals surface area contributed by atoms with Crippen molar-refractivity contribution in [2.45, 2.75) is 25.7 Å². The summed E-state index contributed by atoms with van der Waals surface area (Å²) in [5, 5.41) is 0. The minimum absolute atomic E-state index is 1.20. The molecule has 0 radical (unpaired) electrons. The molecule has 2 fully saturated rings. The molecule has 2 saturated heterocycles. The lowest BCUT2D eigenvalue weighted by Gasteiger charge is -2.30. The molecule has 2 heterocycles. The van der Waals surface area contributed by atoms with E-state index in [1.165, 1.54) is 62.1 Å². The maximum Gasteiger partial charge on any atom is 0.0948 e. The fourth-order valence-corrected chi connectivity index (χ4v) is 3.19. The summed E-state index contributed by atoms with van der Waals surface area (Å²) in [6.07, 6.45) is 5.58. The van der Waals surface area contributed by atoms with Crippen molar-refractivity contribution < 1.29 is 0 Å². The zero-order valence-electron chi connectivity index (χ0n) is 8.63. The molecule has 3 heteroatoms. The Morgan fingerprint density at radius 3 is 1.54 bits per heavy atom. The summed E-state index contributed by atoms with van der Waals surface area (Å²) in [4.78, 5) is 5.16. The molecular formula is C10H20N2Si. The van der Waals surface area contributed by atoms with Crippen LogP contribution in [0, 0.1) is 0 Å². The highest BCUT2D eigenvalue weighted by molar-refractivity contribution is 6.17. The van der Waals surface area contributed by atoms with Crippen molar-refractivity contribution in [3.63, 3.8) is 0 Å². The molecule has 0 saturated carbocycles. The quantitative estimate of drug-likeness (QED) is 0.588. The topological polar surface area (TPSA) is 6.48 Å². The molecule has 0 aliphatic carbocycles. The van der Waals surface area contributed by atoms with E-state index in [4.69, 9.17) is 0 Å². The Bertz CT molecular complexity index is 173. The van der Waals surface area contributed by atoms with Crippen LogP contribution < -0.4 is 0 Å². The zero-order chi connectivity index (χ0) is 9.10. The van der Waals surface area contributed by atoms with Gasteiger partial charge in [0, 0.05) is 36.4 Å². The van der Waals surface area contributed by atoms with Crippen LogP contribution in [0.15, 0.2) is 11.5 Å². The minimum atomic E-state index is 1.20. The van der Waals surface area contributed by atoms with Gasteiger partial charge in [-0.1, -0.05) is 5.70 Å². The summed E-state index contributed by atoms with van der Waals surface area (Å²) in [5.41, 5.74) is 2.43. The predicted octanol–water partition coefficient (Wildman–Crippen LogP) is 0.342. The van der Waals surface area contributed by atoms with Gasteiger partial charge in [-0.15, -0.1) is 0 Å². The van der Waals surface area contributed by atoms with Gasteiger partial charge in [0.1, 0.15) is 0 Å². The van der Waals surface area contributed by atoms with Gasteiger partial charge in [-0.3, -0.25) is 0 Å². The highest BCUT2D eigenvalue weighted by Crippen LogP contribution is 2.21. The molecular weight excluding hydrogens is 176 g/mol. The van der Waals surface area contributed by atoms with Crippen molar-refractivity contribution in [1.82, 2.24) is 9.80 Å². The van der Waals surface area contributed by atoms with Crippen molar-refractivity contribution in [1.29, 1.82) is 0 Å². The second-order valence-electron chi connectivity index (χ2n) is 4.04. The van der Waals surface area contributed by atoms with Crippen LogP contribution in [0.5, 0.6) is 0 Å².